The van der Waals surface area contributed by atoms with E-state index in [1.54, 1.807) is 6.20 Å². The van der Waals surface area contributed by atoms with E-state index < -0.39 is 0 Å². The summed E-state index contributed by atoms with van der Waals surface area (Å²) in [6.07, 6.45) is 1.75. The third kappa shape index (κ3) is 6.83. The second-order valence-electron chi connectivity index (χ2n) is 4.73. The molecule has 1 N–H and O–H groups in total. The van der Waals surface area contributed by atoms with E-state index in [1.165, 1.54) is 0 Å². The quantitative estimate of drug-likeness (QED) is 0.636. The van der Waals surface area contributed by atoms with Crippen LogP contribution < -0.4 is 0 Å². The van der Waals surface area contributed by atoms with Crippen LogP contribution in [0, 0.1) is 0 Å². The Kier molecular flexibility index (Phi) is 8.21. The monoisotopic (exact) mass is 318 g/mol. The molecule has 0 bridgehead atoms. The third-order valence-corrected chi connectivity index (χ3v) is 2.96. The van der Waals surface area contributed by atoms with Gasteiger partial charge in [0.2, 0.25) is 0 Å². The van der Waals surface area contributed by atoms with Crippen LogP contribution in [0.2, 0.25) is 0 Å². The van der Waals surface area contributed by atoms with Gasteiger partial charge in [-0.25, -0.2) is 4.98 Å². The van der Waals surface area contributed by atoms with Crippen molar-refractivity contribution in [3.63, 3.8) is 0 Å². The van der Waals surface area contributed by atoms with Crippen LogP contribution >= 0.6 is 0 Å². The zero-order valence-corrected chi connectivity index (χ0v) is 13.1. The van der Waals surface area contributed by atoms with Gasteiger partial charge in [-0.05, 0) is 24.3 Å². The van der Waals surface area contributed by atoms with Gasteiger partial charge in [0, 0.05) is 6.20 Å². The molecule has 0 aliphatic heterocycles. The Labute approximate surface area is 136 Å². The summed E-state index contributed by atoms with van der Waals surface area (Å²) in [6, 6.07) is 11.6. The molecule has 2 aromatic rings. The maximum atomic E-state index is 8.54. The Morgan fingerprint density at radius 1 is 0.783 bits per heavy atom. The maximum Gasteiger partial charge on any atom is 0.0890 e. The summed E-state index contributed by atoms with van der Waals surface area (Å²) in [7, 11) is 0. The van der Waals surface area contributed by atoms with Crippen LogP contribution in [-0.2, 0) is 20.8 Å². The summed E-state index contributed by atoms with van der Waals surface area (Å²) in [5, 5.41) is 8.54. The van der Waals surface area contributed by atoms with Gasteiger partial charge in [-0.2, -0.15) is 0 Å². The van der Waals surface area contributed by atoms with Crippen molar-refractivity contribution in [2.24, 2.45) is 0 Å². The fraction of sp³-hybridized carbons (Fsp3) is 0.412. The number of rotatable bonds is 11. The van der Waals surface area contributed by atoms with E-state index >= 15 is 0 Å². The predicted octanol–water partition coefficient (Wildman–Crippen LogP) is 1.69. The zero-order valence-electron chi connectivity index (χ0n) is 13.1. The first-order chi connectivity index (χ1) is 11.4. The molecule has 0 radical (unpaired) electrons. The van der Waals surface area contributed by atoms with Gasteiger partial charge in [0.25, 0.3) is 0 Å². The normalized spacial score (nSPS) is 10.8. The minimum Gasteiger partial charge on any atom is -0.394 e. The molecule has 0 spiro atoms. The molecule has 0 atom stereocenters. The van der Waals surface area contributed by atoms with Gasteiger partial charge in [-0.3, -0.25) is 4.98 Å². The summed E-state index contributed by atoms with van der Waals surface area (Å²) < 4.78 is 16.0. The lowest BCUT2D eigenvalue weighted by Crippen LogP contribution is -2.11. The minimum absolute atomic E-state index is 0.0354. The van der Waals surface area contributed by atoms with E-state index in [0.29, 0.717) is 39.6 Å². The molecule has 2 heterocycles. The van der Waals surface area contributed by atoms with Crippen molar-refractivity contribution in [1.29, 1.82) is 0 Å². The average Bonchev–Trinajstić information content (AvgIpc) is 2.61. The van der Waals surface area contributed by atoms with Gasteiger partial charge < -0.3 is 19.3 Å². The van der Waals surface area contributed by atoms with E-state index in [0.717, 1.165) is 17.1 Å². The molecule has 0 saturated heterocycles. The molecule has 0 aliphatic rings. The van der Waals surface area contributed by atoms with Gasteiger partial charge >= 0.3 is 0 Å². The second-order valence-corrected chi connectivity index (χ2v) is 4.73. The number of pyridine rings is 2. The van der Waals surface area contributed by atoms with Crippen LogP contribution in [0.25, 0.3) is 11.4 Å². The Balaban J connectivity index is 1.65. The van der Waals surface area contributed by atoms with Crippen LogP contribution in [-0.4, -0.2) is 54.7 Å². The molecule has 2 rings (SSSR count). The molecular formula is C17H22N2O4. The zero-order chi connectivity index (χ0) is 16.2. The van der Waals surface area contributed by atoms with Gasteiger partial charge in [0.1, 0.15) is 0 Å². The number of aliphatic hydroxyl groups is 1. The number of ether oxygens (including phenoxy) is 3. The van der Waals surface area contributed by atoms with Crippen LogP contribution in [0.15, 0.2) is 42.6 Å². The van der Waals surface area contributed by atoms with Crippen molar-refractivity contribution >= 4 is 0 Å². The van der Waals surface area contributed by atoms with Gasteiger partial charge in [-0.15, -0.1) is 0 Å². The van der Waals surface area contributed by atoms with Gasteiger partial charge in [0.05, 0.1) is 63.3 Å². The molecule has 6 nitrogen and oxygen atoms in total. The summed E-state index contributed by atoms with van der Waals surface area (Å²) >= 11 is 0. The fourth-order valence-corrected chi connectivity index (χ4v) is 1.90. The number of hydrogen-bond donors (Lipinski definition) is 1. The number of aromatic nitrogens is 2. The minimum atomic E-state index is 0.0354. The highest BCUT2D eigenvalue weighted by atomic mass is 16.5. The lowest BCUT2D eigenvalue weighted by Gasteiger charge is -2.07. The maximum absolute atomic E-state index is 8.54. The van der Waals surface area contributed by atoms with E-state index in [1.807, 2.05) is 36.4 Å². The SMILES string of the molecule is OCCOCCOCCOCc1cccc(-c2ccccn2)n1. The van der Waals surface area contributed by atoms with Crippen LogP contribution in [0.1, 0.15) is 5.69 Å². The van der Waals surface area contributed by atoms with Gasteiger partial charge in [-0.1, -0.05) is 12.1 Å². The molecule has 6 heteroatoms. The Morgan fingerprint density at radius 3 is 2.26 bits per heavy atom. The molecule has 0 fully saturated rings. The van der Waals surface area contributed by atoms with Crippen LogP contribution in [0.5, 0.6) is 0 Å². The van der Waals surface area contributed by atoms with Crippen molar-refractivity contribution in [1.82, 2.24) is 9.97 Å². The van der Waals surface area contributed by atoms with Crippen molar-refractivity contribution in [3.8, 4) is 11.4 Å². The Bertz CT molecular complexity index is 551. The fourth-order valence-electron chi connectivity index (χ4n) is 1.90. The molecule has 0 saturated carbocycles. The predicted molar refractivity (Wildman–Crippen MR) is 85.8 cm³/mol. The molecule has 124 valence electrons. The highest BCUT2D eigenvalue weighted by Crippen LogP contribution is 2.13. The van der Waals surface area contributed by atoms with Crippen molar-refractivity contribution in [3.05, 3.63) is 48.3 Å². The smallest absolute Gasteiger partial charge is 0.0890 e. The highest BCUT2D eigenvalue weighted by molar-refractivity contribution is 5.53. The number of aliphatic hydroxyl groups excluding tert-OH is 1. The molecule has 0 aromatic carbocycles. The van der Waals surface area contributed by atoms with Crippen molar-refractivity contribution in [2.75, 3.05) is 39.6 Å². The summed E-state index contributed by atoms with van der Waals surface area (Å²) in [4.78, 5) is 8.83. The number of nitrogens with zero attached hydrogens (tertiary/aromatic N) is 2. The van der Waals surface area contributed by atoms with E-state index in [9.17, 15) is 0 Å². The molecule has 0 unspecified atom stereocenters. The first-order valence-corrected chi connectivity index (χ1v) is 7.61. The summed E-state index contributed by atoms with van der Waals surface area (Å²) in [6.45, 7) is 2.79. The summed E-state index contributed by atoms with van der Waals surface area (Å²) in [5.74, 6) is 0. The third-order valence-electron chi connectivity index (χ3n) is 2.96. The molecule has 2 aromatic heterocycles. The molecule has 0 amide bonds. The first kappa shape index (κ1) is 17.5. The van der Waals surface area contributed by atoms with Gasteiger partial charge in [0.15, 0.2) is 0 Å². The largest absolute Gasteiger partial charge is 0.394 e. The lowest BCUT2D eigenvalue weighted by molar-refractivity contribution is 0.00406. The average molecular weight is 318 g/mol. The first-order valence-electron chi connectivity index (χ1n) is 7.61. The molecule has 23 heavy (non-hydrogen) atoms. The standard InChI is InChI=1S/C17H22N2O4/c20-8-9-21-10-11-22-12-13-23-14-15-4-3-6-17(19-15)16-5-1-2-7-18-16/h1-7,20H,8-14H2. The van der Waals surface area contributed by atoms with Crippen molar-refractivity contribution < 1.29 is 19.3 Å². The van der Waals surface area contributed by atoms with E-state index in [4.69, 9.17) is 19.3 Å². The van der Waals surface area contributed by atoms with E-state index in [2.05, 4.69) is 9.97 Å². The Morgan fingerprint density at radius 2 is 1.52 bits per heavy atom. The molecule has 0 aliphatic carbocycles. The molecular weight excluding hydrogens is 296 g/mol. The van der Waals surface area contributed by atoms with Crippen LogP contribution in [0.4, 0.5) is 0 Å². The topological polar surface area (TPSA) is 73.7 Å². The lowest BCUT2D eigenvalue weighted by atomic mass is 10.2. The van der Waals surface area contributed by atoms with Crippen molar-refractivity contribution in [2.45, 2.75) is 6.61 Å². The van der Waals surface area contributed by atoms with Crippen LogP contribution in [0.3, 0.4) is 0 Å². The Hall–Kier alpha value is -1.86. The van der Waals surface area contributed by atoms with E-state index in [-0.39, 0.29) is 6.61 Å². The number of hydrogen-bond acceptors (Lipinski definition) is 6. The second kappa shape index (κ2) is 10.8. The summed E-state index contributed by atoms with van der Waals surface area (Å²) in [5.41, 5.74) is 2.55. The highest BCUT2D eigenvalue weighted by Gasteiger charge is 2.02.